The summed E-state index contributed by atoms with van der Waals surface area (Å²) >= 11 is 6.20. The number of aromatic nitrogens is 2. The fourth-order valence-electron chi connectivity index (χ4n) is 2.36. The highest BCUT2D eigenvalue weighted by Gasteiger charge is 2.33. The molecule has 1 aliphatic rings. The first-order chi connectivity index (χ1) is 8.41. The standard InChI is InChI=1S/C13H21ClN4/c1-13(2,3)9-5-6-18(8-9)11-10(14)7-16-12(15-4)17-11/h7,9H,5-6,8H2,1-4H3,(H,15,16,17). The topological polar surface area (TPSA) is 41.1 Å². The average Bonchev–Trinajstić information content (AvgIpc) is 2.78. The molecule has 18 heavy (non-hydrogen) atoms. The third-order valence-electron chi connectivity index (χ3n) is 3.66. The first-order valence-electron chi connectivity index (χ1n) is 6.37. The lowest BCUT2D eigenvalue weighted by atomic mass is 9.80. The number of rotatable bonds is 2. The van der Waals surface area contributed by atoms with Crippen molar-refractivity contribution >= 4 is 23.4 Å². The average molecular weight is 269 g/mol. The summed E-state index contributed by atoms with van der Waals surface area (Å²) in [6, 6.07) is 0. The molecule has 1 N–H and O–H groups in total. The molecule has 0 amide bonds. The lowest BCUT2D eigenvalue weighted by Crippen LogP contribution is -2.26. The second-order valence-corrected chi connectivity index (χ2v) is 6.32. The van der Waals surface area contributed by atoms with Crippen LogP contribution in [0.25, 0.3) is 0 Å². The quantitative estimate of drug-likeness (QED) is 0.895. The van der Waals surface area contributed by atoms with Gasteiger partial charge in [0, 0.05) is 20.1 Å². The molecule has 1 aromatic heterocycles. The van der Waals surface area contributed by atoms with Crippen molar-refractivity contribution in [2.75, 3.05) is 30.4 Å². The van der Waals surface area contributed by atoms with Gasteiger partial charge in [0.05, 0.1) is 6.20 Å². The van der Waals surface area contributed by atoms with Crippen molar-refractivity contribution in [1.29, 1.82) is 0 Å². The van der Waals surface area contributed by atoms with Crippen LogP contribution >= 0.6 is 11.6 Å². The molecule has 0 spiro atoms. The summed E-state index contributed by atoms with van der Waals surface area (Å²) < 4.78 is 0. The fraction of sp³-hybridized carbons (Fsp3) is 0.692. The highest BCUT2D eigenvalue weighted by molar-refractivity contribution is 6.32. The van der Waals surface area contributed by atoms with Crippen LogP contribution in [0.3, 0.4) is 0 Å². The number of nitrogens with zero attached hydrogens (tertiary/aromatic N) is 3. The van der Waals surface area contributed by atoms with E-state index in [2.05, 4.69) is 41.0 Å². The molecule has 100 valence electrons. The number of nitrogens with one attached hydrogen (secondary N) is 1. The van der Waals surface area contributed by atoms with Crippen LogP contribution in [-0.2, 0) is 0 Å². The molecule has 0 bridgehead atoms. The van der Waals surface area contributed by atoms with Gasteiger partial charge in [-0.25, -0.2) is 4.98 Å². The molecule has 1 unspecified atom stereocenters. The van der Waals surface area contributed by atoms with Crippen molar-refractivity contribution in [3.8, 4) is 0 Å². The normalized spacial score (nSPS) is 20.3. The first kappa shape index (κ1) is 13.4. The summed E-state index contributed by atoms with van der Waals surface area (Å²) in [6.07, 6.45) is 2.86. The second kappa shape index (κ2) is 4.92. The van der Waals surface area contributed by atoms with Crippen LogP contribution in [0, 0.1) is 11.3 Å². The van der Waals surface area contributed by atoms with E-state index >= 15 is 0 Å². The van der Waals surface area contributed by atoms with Crippen molar-refractivity contribution < 1.29 is 0 Å². The predicted molar refractivity (Wildman–Crippen MR) is 76.4 cm³/mol. The summed E-state index contributed by atoms with van der Waals surface area (Å²) in [5.41, 5.74) is 0.333. The third kappa shape index (κ3) is 2.69. The van der Waals surface area contributed by atoms with E-state index in [0.29, 0.717) is 22.3 Å². The van der Waals surface area contributed by atoms with Crippen LogP contribution in [0.15, 0.2) is 6.20 Å². The minimum atomic E-state index is 0.333. The zero-order valence-corrected chi connectivity index (χ0v) is 12.3. The van der Waals surface area contributed by atoms with Gasteiger partial charge in [0.1, 0.15) is 5.02 Å². The molecule has 1 aromatic rings. The fourth-order valence-corrected chi connectivity index (χ4v) is 2.57. The van der Waals surface area contributed by atoms with Crippen LogP contribution in [0.5, 0.6) is 0 Å². The van der Waals surface area contributed by atoms with Gasteiger partial charge in [0.15, 0.2) is 5.82 Å². The van der Waals surface area contributed by atoms with Crippen LogP contribution in [0.2, 0.25) is 5.02 Å². The van der Waals surface area contributed by atoms with Crippen molar-refractivity contribution in [2.24, 2.45) is 11.3 Å². The molecule has 1 atom stereocenters. The Kier molecular flexibility index (Phi) is 3.66. The Balaban J connectivity index is 2.19. The van der Waals surface area contributed by atoms with Crippen molar-refractivity contribution in [3.63, 3.8) is 0 Å². The monoisotopic (exact) mass is 268 g/mol. The Morgan fingerprint density at radius 1 is 1.44 bits per heavy atom. The largest absolute Gasteiger partial charge is 0.357 e. The van der Waals surface area contributed by atoms with E-state index in [1.807, 2.05) is 7.05 Å². The molecular formula is C13H21ClN4. The number of hydrogen-bond acceptors (Lipinski definition) is 4. The Labute approximate surface area is 114 Å². The minimum absolute atomic E-state index is 0.333. The summed E-state index contributed by atoms with van der Waals surface area (Å²) in [7, 11) is 1.81. The molecule has 4 nitrogen and oxygen atoms in total. The molecule has 1 aliphatic heterocycles. The maximum atomic E-state index is 6.20. The lowest BCUT2D eigenvalue weighted by Gasteiger charge is -2.27. The van der Waals surface area contributed by atoms with E-state index in [0.717, 1.165) is 18.9 Å². The zero-order chi connectivity index (χ0) is 13.3. The van der Waals surface area contributed by atoms with Gasteiger partial charge in [-0.15, -0.1) is 0 Å². The highest BCUT2D eigenvalue weighted by Crippen LogP contribution is 2.36. The van der Waals surface area contributed by atoms with E-state index in [1.165, 1.54) is 6.42 Å². The SMILES string of the molecule is CNc1ncc(Cl)c(N2CCC(C(C)(C)C)C2)n1. The third-order valence-corrected chi connectivity index (χ3v) is 3.93. The minimum Gasteiger partial charge on any atom is -0.357 e. The van der Waals surface area contributed by atoms with Gasteiger partial charge in [-0.1, -0.05) is 32.4 Å². The Morgan fingerprint density at radius 2 is 2.17 bits per heavy atom. The molecular weight excluding hydrogens is 248 g/mol. The van der Waals surface area contributed by atoms with E-state index in [1.54, 1.807) is 6.20 Å². The van der Waals surface area contributed by atoms with Crippen LogP contribution < -0.4 is 10.2 Å². The van der Waals surface area contributed by atoms with Crippen LogP contribution in [0.1, 0.15) is 27.2 Å². The second-order valence-electron chi connectivity index (χ2n) is 5.91. The number of halogens is 1. The molecule has 5 heteroatoms. The summed E-state index contributed by atoms with van der Waals surface area (Å²) in [6.45, 7) is 8.91. The van der Waals surface area contributed by atoms with Crippen molar-refractivity contribution in [1.82, 2.24) is 9.97 Å². The molecule has 2 heterocycles. The van der Waals surface area contributed by atoms with Gasteiger partial charge in [-0.05, 0) is 17.8 Å². The van der Waals surface area contributed by atoms with E-state index in [9.17, 15) is 0 Å². The lowest BCUT2D eigenvalue weighted by molar-refractivity contribution is 0.263. The Morgan fingerprint density at radius 3 is 2.72 bits per heavy atom. The van der Waals surface area contributed by atoms with E-state index < -0.39 is 0 Å². The summed E-state index contributed by atoms with van der Waals surface area (Å²) in [4.78, 5) is 10.8. The van der Waals surface area contributed by atoms with Crippen molar-refractivity contribution in [2.45, 2.75) is 27.2 Å². The maximum Gasteiger partial charge on any atom is 0.224 e. The van der Waals surface area contributed by atoms with Gasteiger partial charge in [0.2, 0.25) is 5.95 Å². The summed E-state index contributed by atoms with van der Waals surface area (Å²) in [5.74, 6) is 2.15. The Bertz CT molecular complexity index is 427. The molecule has 1 saturated heterocycles. The first-order valence-corrected chi connectivity index (χ1v) is 6.75. The van der Waals surface area contributed by atoms with Gasteiger partial charge in [-0.2, -0.15) is 4.98 Å². The van der Waals surface area contributed by atoms with Gasteiger partial charge in [0.25, 0.3) is 0 Å². The number of hydrogen-bond donors (Lipinski definition) is 1. The number of anilines is 2. The molecule has 0 aliphatic carbocycles. The predicted octanol–water partition coefficient (Wildman–Crippen LogP) is 3.04. The molecule has 1 fully saturated rings. The maximum absolute atomic E-state index is 6.20. The zero-order valence-electron chi connectivity index (χ0n) is 11.5. The summed E-state index contributed by atoms with van der Waals surface area (Å²) in [5, 5.41) is 3.58. The highest BCUT2D eigenvalue weighted by atomic mass is 35.5. The van der Waals surface area contributed by atoms with E-state index in [-0.39, 0.29) is 0 Å². The molecule has 0 saturated carbocycles. The molecule has 0 aromatic carbocycles. The molecule has 2 rings (SSSR count). The van der Waals surface area contributed by atoms with Gasteiger partial charge < -0.3 is 10.2 Å². The molecule has 0 radical (unpaired) electrons. The smallest absolute Gasteiger partial charge is 0.224 e. The van der Waals surface area contributed by atoms with Crippen LogP contribution in [-0.4, -0.2) is 30.1 Å². The van der Waals surface area contributed by atoms with Gasteiger partial charge >= 0.3 is 0 Å². The van der Waals surface area contributed by atoms with Gasteiger partial charge in [-0.3, -0.25) is 0 Å². The van der Waals surface area contributed by atoms with Crippen LogP contribution in [0.4, 0.5) is 11.8 Å². The van der Waals surface area contributed by atoms with Crippen molar-refractivity contribution in [3.05, 3.63) is 11.2 Å². The van der Waals surface area contributed by atoms with E-state index in [4.69, 9.17) is 11.6 Å². The Hall–Kier alpha value is -1.03.